The molecule has 0 bridgehead atoms. The minimum Gasteiger partial charge on any atom is -0.349 e. The summed E-state index contributed by atoms with van der Waals surface area (Å²) in [7, 11) is 1.91. The van der Waals surface area contributed by atoms with E-state index in [1.165, 1.54) is 19.3 Å². The lowest BCUT2D eigenvalue weighted by molar-refractivity contribution is 0.0928. The molecule has 1 aliphatic carbocycles. The fourth-order valence-electron chi connectivity index (χ4n) is 4.54. The van der Waals surface area contributed by atoms with Gasteiger partial charge in [-0.2, -0.15) is 0 Å². The van der Waals surface area contributed by atoms with Gasteiger partial charge in [-0.05, 0) is 24.8 Å². The second kappa shape index (κ2) is 7.46. The van der Waals surface area contributed by atoms with Crippen molar-refractivity contribution in [1.29, 1.82) is 0 Å². The van der Waals surface area contributed by atoms with Gasteiger partial charge < -0.3 is 14.5 Å². The van der Waals surface area contributed by atoms with Gasteiger partial charge in [0.15, 0.2) is 0 Å². The summed E-state index contributed by atoms with van der Waals surface area (Å²) >= 11 is 0. The van der Waals surface area contributed by atoms with Crippen molar-refractivity contribution < 1.29 is 4.79 Å². The summed E-state index contributed by atoms with van der Waals surface area (Å²) in [6.07, 6.45) is 7.43. The number of amides is 1. The lowest BCUT2D eigenvalue weighted by Gasteiger charge is -2.23. The Morgan fingerprint density at radius 1 is 1.18 bits per heavy atom. The highest BCUT2D eigenvalue weighted by Gasteiger charge is 2.23. The van der Waals surface area contributed by atoms with Crippen LogP contribution in [0.5, 0.6) is 0 Å². The molecular weight excluding hydrogens is 350 g/mol. The van der Waals surface area contributed by atoms with Gasteiger partial charge in [-0.15, -0.1) is 0 Å². The van der Waals surface area contributed by atoms with Gasteiger partial charge in [-0.25, -0.2) is 0 Å². The van der Waals surface area contributed by atoms with Crippen LogP contribution in [0.25, 0.3) is 21.8 Å². The summed E-state index contributed by atoms with van der Waals surface area (Å²) in [6.45, 7) is 4.76. The average molecular weight is 380 g/mol. The second-order valence-corrected chi connectivity index (χ2v) is 8.50. The van der Waals surface area contributed by atoms with Gasteiger partial charge in [0.1, 0.15) is 5.52 Å². The van der Waals surface area contributed by atoms with E-state index in [-0.39, 0.29) is 17.5 Å². The standard InChI is InChI=1S/C23H29N3O2/c1-15(2)13-26-14-18(22(27)24-16-9-5-4-6-10-16)20-17-11-7-8-12-19(17)25(3)21(20)23(26)28/h7-8,11-12,14-16H,4-6,9-10,13H2,1-3H3,(H,24,27). The molecule has 1 amide bonds. The predicted octanol–water partition coefficient (Wildman–Crippen LogP) is 4.21. The number of pyridine rings is 1. The van der Waals surface area contributed by atoms with E-state index in [9.17, 15) is 9.59 Å². The minimum atomic E-state index is -0.0641. The van der Waals surface area contributed by atoms with Crippen molar-refractivity contribution in [3.05, 3.63) is 46.4 Å². The van der Waals surface area contributed by atoms with Crippen molar-refractivity contribution in [3.63, 3.8) is 0 Å². The molecule has 5 heteroatoms. The second-order valence-electron chi connectivity index (χ2n) is 8.50. The number of para-hydroxylation sites is 1. The van der Waals surface area contributed by atoms with Crippen molar-refractivity contribution in [1.82, 2.24) is 14.5 Å². The number of fused-ring (bicyclic) bond motifs is 3. The van der Waals surface area contributed by atoms with Crippen LogP contribution >= 0.6 is 0 Å². The molecule has 0 atom stereocenters. The number of benzene rings is 1. The maximum Gasteiger partial charge on any atom is 0.275 e. The number of carbonyl (C=O) groups is 1. The summed E-state index contributed by atoms with van der Waals surface area (Å²) in [5, 5.41) is 4.97. The maximum atomic E-state index is 13.3. The zero-order valence-corrected chi connectivity index (χ0v) is 17.0. The molecule has 3 aromatic rings. The Morgan fingerprint density at radius 3 is 2.61 bits per heavy atom. The smallest absolute Gasteiger partial charge is 0.275 e. The first-order valence-corrected chi connectivity index (χ1v) is 10.4. The molecule has 0 saturated heterocycles. The van der Waals surface area contributed by atoms with Gasteiger partial charge in [-0.1, -0.05) is 51.3 Å². The van der Waals surface area contributed by atoms with E-state index in [1.54, 1.807) is 10.8 Å². The molecule has 4 rings (SSSR count). The molecule has 148 valence electrons. The molecule has 0 spiro atoms. The molecule has 0 aliphatic heterocycles. The highest BCUT2D eigenvalue weighted by molar-refractivity contribution is 6.17. The van der Waals surface area contributed by atoms with Gasteiger partial charge >= 0.3 is 0 Å². The molecule has 1 aromatic carbocycles. The van der Waals surface area contributed by atoms with E-state index in [4.69, 9.17) is 0 Å². The van der Waals surface area contributed by atoms with Gasteiger partial charge in [0.05, 0.1) is 5.56 Å². The molecule has 0 radical (unpaired) electrons. The monoisotopic (exact) mass is 379 g/mol. The number of hydrogen-bond acceptors (Lipinski definition) is 2. The van der Waals surface area contributed by atoms with Crippen molar-refractivity contribution in [2.24, 2.45) is 13.0 Å². The van der Waals surface area contributed by atoms with Crippen molar-refractivity contribution >= 4 is 27.7 Å². The van der Waals surface area contributed by atoms with Crippen molar-refractivity contribution in [2.75, 3.05) is 0 Å². The van der Waals surface area contributed by atoms with Gasteiger partial charge in [-0.3, -0.25) is 9.59 Å². The lowest BCUT2D eigenvalue weighted by Crippen LogP contribution is -2.37. The largest absolute Gasteiger partial charge is 0.349 e. The van der Waals surface area contributed by atoms with Crippen LogP contribution in [0.2, 0.25) is 0 Å². The first kappa shape index (κ1) is 18.8. The fourth-order valence-corrected chi connectivity index (χ4v) is 4.54. The normalized spacial score (nSPS) is 15.6. The summed E-state index contributed by atoms with van der Waals surface area (Å²) in [4.78, 5) is 26.5. The molecule has 1 saturated carbocycles. The van der Waals surface area contributed by atoms with Crippen LogP contribution in [0.3, 0.4) is 0 Å². The summed E-state index contributed by atoms with van der Waals surface area (Å²) < 4.78 is 3.64. The SMILES string of the molecule is CC(C)Cn1cc(C(=O)NC2CCCCC2)c2c3ccccc3n(C)c2c1=O. The molecular formula is C23H29N3O2. The molecule has 2 aromatic heterocycles. The highest BCUT2D eigenvalue weighted by atomic mass is 16.2. The Balaban J connectivity index is 1.92. The van der Waals surface area contributed by atoms with Gasteiger partial charge in [0, 0.05) is 42.1 Å². The Labute approximate surface area is 165 Å². The molecule has 1 fully saturated rings. The first-order valence-electron chi connectivity index (χ1n) is 10.4. The Hall–Kier alpha value is -2.56. The van der Waals surface area contributed by atoms with Crippen LogP contribution in [-0.2, 0) is 13.6 Å². The van der Waals surface area contributed by atoms with E-state index in [2.05, 4.69) is 19.2 Å². The zero-order chi connectivity index (χ0) is 19.8. The number of hydrogen-bond donors (Lipinski definition) is 1. The molecule has 0 unspecified atom stereocenters. The Morgan fingerprint density at radius 2 is 1.89 bits per heavy atom. The van der Waals surface area contributed by atoms with Crippen LogP contribution in [0, 0.1) is 5.92 Å². The number of nitrogens with zero attached hydrogens (tertiary/aromatic N) is 2. The number of aryl methyl sites for hydroxylation is 1. The Bertz CT molecular complexity index is 1080. The highest BCUT2D eigenvalue weighted by Crippen LogP contribution is 2.29. The van der Waals surface area contributed by atoms with Crippen LogP contribution in [0.1, 0.15) is 56.3 Å². The van der Waals surface area contributed by atoms with Gasteiger partial charge in [0.2, 0.25) is 0 Å². The number of carbonyl (C=O) groups excluding carboxylic acids is 1. The maximum absolute atomic E-state index is 13.3. The van der Waals surface area contributed by atoms with Crippen LogP contribution in [0.4, 0.5) is 0 Å². The van der Waals surface area contributed by atoms with Crippen LogP contribution in [-0.4, -0.2) is 21.1 Å². The summed E-state index contributed by atoms with van der Waals surface area (Å²) in [5.74, 6) is 0.254. The summed E-state index contributed by atoms with van der Waals surface area (Å²) in [6, 6.07) is 8.17. The van der Waals surface area contributed by atoms with E-state index in [0.29, 0.717) is 23.5 Å². The van der Waals surface area contributed by atoms with Gasteiger partial charge in [0.25, 0.3) is 11.5 Å². The third-order valence-electron chi connectivity index (χ3n) is 5.87. The molecule has 1 N–H and O–H groups in total. The Kier molecular flexibility index (Phi) is 5.00. The van der Waals surface area contributed by atoms with Crippen molar-refractivity contribution in [3.8, 4) is 0 Å². The van der Waals surface area contributed by atoms with E-state index >= 15 is 0 Å². The third kappa shape index (κ3) is 3.23. The van der Waals surface area contributed by atoms with Crippen LogP contribution in [0.15, 0.2) is 35.3 Å². The number of aromatic nitrogens is 2. The molecule has 5 nitrogen and oxygen atoms in total. The molecule has 28 heavy (non-hydrogen) atoms. The van der Waals surface area contributed by atoms with E-state index in [0.717, 1.165) is 29.1 Å². The lowest BCUT2D eigenvalue weighted by atomic mass is 9.95. The van der Waals surface area contributed by atoms with E-state index < -0.39 is 0 Å². The molecule has 1 aliphatic rings. The van der Waals surface area contributed by atoms with Crippen LogP contribution < -0.4 is 10.9 Å². The predicted molar refractivity (Wildman–Crippen MR) is 114 cm³/mol. The molecule has 2 heterocycles. The first-order chi connectivity index (χ1) is 13.5. The quantitative estimate of drug-likeness (QED) is 0.738. The fraction of sp³-hybridized carbons (Fsp3) is 0.478. The minimum absolute atomic E-state index is 0.0309. The summed E-state index contributed by atoms with van der Waals surface area (Å²) in [5.41, 5.74) is 2.16. The number of nitrogens with one attached hydrogen (secondary N) is 1. The zero-order valence-electron chi connectivity index (χ0n) is 17.0. The average Bonchev–Trinajstić information content (AvgIpc) is 2.98. The van der Waals surface area contributed by atoms with E-state index in [1.807, 2.05) is 35.9 Å². The topological polar surface area (TPSA) is 56.0 Å². The third-order valence-corrected chi connectivity index (χ3v) is 5.87. The number of rotatable bonds is 4. The van der Waals surface area contributed by atoms with Crippen molar-refractivity contribution in [2.45, 2.75) is 58.5 Å².